The lowest BCUT2D eigenvalue weighted by Gasteiger charge is -2.11. The van der Waals surface area contributed by atoms with Gasteiger partial charge in [0.2, 0.25) is 0 Å². The number of alkyl halides is 1. The molecule has 14 heavy (non-hydrogen) atoms. The summed E-state index contributed by atoms with van der Waals surface area (Å²) in [6.45, 7) is 4.72. The molecule has 0 aliphatic carbocycles. The Morgan fingerprint density at radius 2 is 2.14 bits per heavy atom. The monoisotopic (exact) mass is 276 g/mol. The number of ether oxygens (including phenoxy) is 1. The fourth-order valence-electron chi connectivity index (χ4n) is 1.24. The zero-order chi connectivity index (χ0) is 10.6. The second kappa shape index (κ2) is 5.62. The molecule has 0 heterocycles. The van der Waals surface area contributed by atoms with Crippen LogP contribution in [-0.2, 0) is 0 Å². The van der Waals surface area contributed by atoms with Gasteiger partial charge in [-0.05, 0) is 31.0 Å². The van der Waals surface area contributed by atoms with Crippen molar-refractivity contribution in [1.29, 1.82) is 0 Å². The maximum absolute atomic E-state index is 6.15. The highest BCUT2D eigenvalue weighted by Crippen LogP contribution is 2.32. The van der Waals surface area contributed by atoms with Crippen LogP contribution in [0.1, 0.15) is 31.2 Å². The lowest BCUT2D eigenvalue weighted by Crippen LogP contribution is -1.94. The van der Waals surface area contributed by atoms with Crippen molar-refractivity contribution in [1.82, 2.24) is 0 Å². The SMILES string of the molecule is CCOc1ccc(C(Cl)CC)c(Br)c1. The van der Waals surface area contributed by atoms with E-state index in [9.17, 15) is 0 Å². The molecular formula is C11H14BrClO. The Morgan fingerprint density at radius 1 is 1.43 bits per heavy atom. The van der Waals surface area contributed by atoms with Gasteiger partial charge in [0, 0.05) is 4.47 Å². The largest absolute Gasteiger partial charge is 0.494 e. The molecule has 0 radical (unpaired) electrons. The van der Waals surface area contributed by atoms with Crippen LogP contribution in [0.5, 0.6) is 5.75 Å². The normalized spacial score (nSPS) is 12.6. The molecule has 0 aliphatic heterocycles. The van der Waals surface area contributed by atoms with Gasteiger partial charge in [-0.1, -0.05) is 28.9 Å². The van der Waals surface area contributed by atoms with Crippen molar-refractivity contribution in [3.63, 3.8) is 0 Å². The second-order valence-electron chi connectivity index (χ2n) is 2.99. The van der Waals surface area contributed by atoms with E-state index in [0.29, 0.717) is 6.61 Å². The molecule has 1 rings (SSSR count). The van der Waals surface area contributed by atoms with E-state index in [4.69, 9.17) is 16.3 Å². The number of hydrogen-bond donors (Lipinski definition) is 0. The predicted molar refractivity (Wildman–Crippen MR) is 64.2 cm³/mol. The summed E-state index contributed by atoms with van der Waals surface area (Å²) in [5, 5.41) is 0.0695. The van der Waals surface area contributed by atoms with E-state index in [1.165, 1.54) is 0 Å². The van der Waals surface area contributed by atoms with E-state index in [0.717, 1.165) is 22.2 Å². The van der Waals surface area contributed by atoms with Crippen molar-refractivity contribution in [2.45, 2.75) is 25.6 Å². The number of hydrogen-bond acceptors (Lipinski definition) is 1. The molecule has 0 saturated heterocycles. The van der Waals surface area contributed by atoms with Crippen LogP contribution >= 0.6 is 27.5 Å². The van der Waals surface area contributed by atoms with Crippen molar-refractivity contribution in [3.05, 3.63) is 28.2 Å². The highest BCUT2D eigenvalue weighted by Gasteiger charge is 2.09. The quantitative estimate of drug-likeness (QED) is 0.734. The minimum Gasteiger partial charge on any atom is -0.494 e. The summed E-state index contributed by atoms with van der Waals surface area (Å²) in [7, 11) is 0. The number of halogens is 2. The summed E-state index contributed by atoms with van der Waals surface area (Å²) in [6.07, 6.45) is 0.925. The topological polar surface area (TPSA) is 9.23 Å². The minimum absolute atomic E-state index is 0.0695. The van der Waals surface area contributed by atoms with E-state index < -0.39 is 0 Å². The first-order chi connectivity index (χ1) is 6.69. The van der Waals surface area contributed by atoms with Gasteiger partial charge < -0.3 is 4.74 Å². The Hall–Kier alpha value is -0.210. The molecule has 0 aromatic heterocycles. The molecule has 0 amide bonds. The molecule has 1 unspecified atom stereocenters. The summed E-state index contributed by atoms with van der Waals surface area (Å²) >= 11 is 9.65. The summed E-state index contributed by atoms with van der Waals surface area (Å²) in [6, 6.07) is 5.93. The molecule has 0 fully saturated rings. The van der Waals surface area contributed by atoms with Crippen molar-refractivity contribution in [2.24, 2.45) is 0 Å². The van der Waals surface area contributed by atoms with Gasteiger partial charge in [-0.15, -0.1) is 11.6 Å². The molecule has 1 nitrogen and oxygen atoms in total. The summed E-state index contributed by atoms with van der Waals surface area (Å²) in [5.41, 5.74) is 1.12. The van der Waals surface area contributed by atoms with Crippen molar-refractivity contribution >= 4 is 27.5 Å². The van der Waals surface area contributed by atoms with E-state index in [-0.39, 0.29) is 5.38 Å². The third kappa shape index (κ3) is 2.89. The Morgan fingerprint density at radius 3 is 2.64 bits per heavy atom. The first-order valence-electron chi connectivity index (χ1n) is 4.75. The molecule has 3 heteroatoms. The van der Waals surface area contributed by atoms with E-state index in [1.54, 1.807) is 0 Å². The van der Waals surface area contributed by atoms with E-state index >= 15 is 0 Å². The Kier molecular flexibility index (Phi) is 4.76. The van der Waals surface area contributed by atoms with Gasteiger partial charge in [-0.3, -0.25) is 0 Å². The summed E-state index contributed by atoms with van der Waals surface area (Å²) in [4.78, 5) is 0. The lowest BCUT2D eigenvalue weighted by molar-refractivity contribution is 0.340. The van der Waals surface area contributed by atoms with Gasteiger partial charge in [0.1, 0.15) is 5.75 Å². The maximum Gasteiger partial charge on any atom is 0.120 e. The molecule has 0 saturated carbocycles. The molecule has 0 spiro atoms. The van der Waals surface area contributed by atoms with Gasteiger partial charge in [0.15, 0.2) is 0 Å². The Balaban J connectivity index is 2.89. The molecule has 1 aromatic carbocycles. The predicted octanol–water partition coefficient (Wildman–Crippen LogP) is 4.54. The summed E-state index contributed by atoms with van der Waals surface area (Å²) < 4.78 is 6.40. The van der Waals surface area contributed by atoms with Crippen LogP contribution in [0.3, 0.4) is 0 Å². The van der Waals surface area contributed by atoms with E-state index in [2.05, 4.69) is 22.9 Å². The van der Waals surface area contributed by atoms with Crippen LogP contribution in [-0.4, -0.2) is 6.61 Å². The highest BCUT2D eigenvalue weighted by atomic mass is 79.9. The minimum atomic E-state index is 0.0695. The average Bonchev–Trinajstić information content (AvgIpc) is 2.17. The Labute approximate surface area is 98.5 Å². The molecular weight excluding hydrogens is 263 g/mol. The van der Waals surface area contributed by atoms with Crippen LogP contribution in [0.4, 0.5) is 0 Å². The zero-order valence-corrected chi connectivity index (χ0v) is 10.7. The van der Waals surface area contributed by atoms with Crippen LogP contribution in [0.25, 0.3) is 0 Å². The zero-order valence-electron chi connectivity index (χ0n) is 8.39. The molecule has 1 atom stereocenters. The first-order valence-corrected chi connectivity index (χ1v) is 5.98. The average molecular weight is 278 g/mol. The lowest BCUT2D eigenvalue weighted by atomic mass is 10.1. The van der Waals surface area contributed by atoms with Gasteiger partial charge in [-0.25, -0.2) is 0 Å². The highest BCUT2D eigenvalue weighted by molar-refractivity contribution is 9.10. The van der Waals surface area contributed by atoms with Gasteiger partial charge in [0.05, 0.1) is 12.0 Å². The third-order valence-corrected chi connectivity index (χ3v) is 3.21. The van der Waals surface area contributed by atoms with Crippen molar-refractivity contribution in [2.75, 3.05) is 6.61 Å². The van der Waals surface area contributed by atoms with Crippen LogP contribution < -0.4 is 4.74 Å². The van der Waals surface area contributed by atoms with Gasteiger partial charge in [-0.2, -0.15) is 0 Å². The van der Waals surface area contributed by atoms with Gasteiger partial charge in [0.25, 0.3) is 0 Å². The molecule has 1 aromatic rings. The van der Waals surface area contributed by atoms with Crippen LogP contribution in [0.2, 0.25) is 0 Å². The smallest absolute Gasteiger partial charge is 0.120 e. The Bertz CT molecular complexity index is 301. The molecule has 0 bridgehead atoms. The van der Waals surface area contributed by atoms with Crippen molar-refractivity contribution in [3.8, 4) is 5.75 Å². The number of benzene rings is 1. The molecule has 0 N–H and O–H groups in total. The second-order valence-corrected chi connectivity index (χ2v) is 4.37. The molecule has 0 aliphatic rings. The molecule has 78 valence electrons. The summed E-state index contributed by atoms with van der Waals surface area (Å²) in [5.74, 6) is 0.878. The third-order valence-electron chi connectivity index (χ3n) is 1.98. The van der Waals surface area contributed by atoms with Crippen LogP contribution in [0.15, 0.2) is 22.7 Å². The maximum atomic E-state index is 6.15. The van der Waals surface area contributed by atoms with Crippen LogP contribution in [0, 0.1) is 0 Å². The van der Waals surface area contributed by atoms with E-state index in [1.807, 2.05) is 25.1 Å². The standard InChI is InChI=1S/C11H14BrClO/c1-3-11(13)9-6-5-8(14-4-2)7-10(9)12/h5-7,11H,3-4H2,1-2H3. The fraction of sp³-hybridized carbons (Fsp3) is 0.455. The van der Waals surface area contributed by atoms with Gasteiger partial charge >= 0.3 is 0 Å². The van der Waals surface area contributed by atoms with Crippen molar-refractivity contribution < 1.29 is 4.74 Å². The fourth-order valence-corrected chi connectivity index (χ4v) is 2.19. The first kappa shape index (κ1) is 11.9. The number of rotatable bonds is 4.